The monoisotopic (exact) mass is 359 g/mol. The first-order chi connectivity index (χ1) is 13.4. The summed E-state index contributed by atoms with van der Waals surface area (Å²) in [7, 11) is 0. The summed E-state index contributed by atoms with van der Waals surface area (Å²) in [4.78, 5) is 0. The van der Waals surface area contributed by atoms with Crippen LogP contribution >= 0.6 is 0 Å². The summed E-state index contributed by atoms with van der Waals surface area (Å²) in [5.41, 5.74) is 3.99. The Kier molecular flexibility index (Phi) is 5.70. The Balaban J connectivity index is 1.43. The lowest BCUT2D eigenvalue weighted by Gasteiger charge is -2.19. The van der Waals surface area contributed by atoms with E-state index in [0.717, 1.165) is 37.4 Å². The molecule has 1 atom stereocenters. The summed E-state index contributed by atoms with van der Waals surface area (Å²) in [6.07, 6.45) is 2.09. The Morgan fingerprint density at radius 1 is 0.778 bits per heavy atom. The molecule has 4 rings (SSSR count). The van der Waals surface area contributed by atoms with Crippen LogP contribution < -0.4 is 14.8 Å². The molecule has 0 spiro atoms. The second-order valence-electron chi connectivity index (χ2n) is 6.95. The molecule has 0 bridgehead atoms. The Morgan fingerprint density at radius 3 is 2.26 bits per heavy atom. The van der Waals surface area contributed by atoms with Crippen molar-refractivity contribution < 1.29 is 9.47 Å². The fourth-order valence-electron chi connectivity index (χ4n) is 3.56. The van der Waals surface area contributed by atoms with Crippen LogP contribution in [0.5, 0.6) is 11.5 Å². The van der Waals surface area contributed by atoms with Crippen molar-refractivity contribution in [3.05, 3.63) is 95.6 Å². The topological polar surface area (TPSA) is 30.5 Å². The number of nitrogens with one attached hydrogen (secondary N) is 1. The van der Waals surface area contributed by atoms with Crippen LogP contribution in [0.1, 0.15) is 29.0 Å². The SMILES string of the molecule is c1ccc(CNCC[C@@H](Cc2ccccc2)c2ccc3c(c2)OCO3)cc1. The van der Waals surface area contributed by atoms with Crippen molar-refractivity contribution in [1.82, 2.24) is 5.32 Å². The van der Waals surface area contributed by atoms with Gasteiger partial charge in [-0.1, -0.05) is 66.7 Å². The molecule has 1 N–H and O–H groups in total. The summed E-state index contributed by atoms with van der Waals surface area (Å²) in [6.45, 7) is 2.20. The van der Waals surface area contributed by atoms with Gasteiger partial charge in [0.25, 0.3) is 0 Å². The van der Waals surface area contributed by atoms with Crippen molar-refractivity contribution >= 4 is 0 Å². The fraction of sp³-hybridized carbons (Fsp3) is 0.250. The van der Waals surface area contributed by atoms with E-state index in [-0.39, 0.29) is 0 Å². The van der Waals surface area contributed by atoms with E-state index in [2.05, 4.69) is 78.1 Å². The Labute approximate surface area is 161 Å². The third-order valence-electron chi connectivity index (χ3n) is 5.03. The molecular weight excluding hydrogens is 334 g/mol. The average molecular weight is 359 g/mol. The highest BCUT2D eigenvalue weighted by atomic mass is 16.7. The van der Waals surface area contributed by atoms with E-state index >= 15 is 0 Å². The standard InChI is InChI=1S/C24H25NO2/c1-3-7-19(8-4-1)15-22(13-14-25-17-20-9-5-2-6-10-20)21-11-12-23-24(16-21)27-18-26-23/h1-12,16,22,25H,13-15,17-18H2/t22-/m0/s1. The number of ether oxygens (including phenoxy) is 2. The minimum atomic E-state index is 0.320. The zero-order valence-electron chi connectivity index (χ0n) is 15.4. The second kappa shape index (κ2) is 8.74. The smallest absolute Gasteiger partial charge is 0.231 e. The van der Waals surface area contributed by atoms with Crippen LogP contribution in [0, 0.1) is 0 Å². The van der Waals surface area contributed by atoms with Gasteiger partial charge in [-0.05, 0) is 54.1 Å². The largest absolute Gasteiger partial charge is 0.454 e. The van der Waals surface area contributed by atoms with Crippen molar-refractivity contribution in [2.75, 3.05) is 13.3 Å². The van der Waals surface area contributed by atoms with Crippen LogP contribution in [0.2, 0.25) is 0 Å². The van der Waals surface area contributed by atoms with E-state index in [1.165, 1.54) is 16.7 Å². The Morgan fingerprint density at radius 2 is 1.48 bits per heavy atom. The third kappa shape index (κ3) is 4.69. The van der Waals surface area contributed by atoms with Crippen molar-refractivity contribution in [3.8, 4) is 11.5 Å². The average Bonchev–Trinajstić information content (AvgIpc) is 3.20. The van der Waals surface area contributed by atoms with Crippen LogP contribution in [0.25, 0.3) is 0 Å². The van der Waals surface area contributed by atoms with Crippen LogP contribution in [0.3, 0.4) is 0 Å². The van der Waals surface area contributed by atoms with Gasteiger partial charge in [-0.15, -0.1) is 0 Å². The van der Waals surface area contributed by atoms with E-state index in [0.29, 0.717) is 12.7 Å². The highest BCUT2D eigenvalue weighted by Crippen LogP contribution is 2.36. The molecule has 3 aromatic rings. The molecule has 138 valence electrons. The lowest BCUT2D eigenvalue weighted by Crippen LogP contribution is -2.18. The molecule has 1 aliphatic rings. The number of rotatable bonds is 8. The maximum atomic E-state index is 5.59. The molecule has 1 aliphatic heterocycles. The number of hydrogen-bond acceptors (Lipinski definition) is 3. The number of fused-ring (bicyclic) bond motifs is 1. The van der Waals surface area contributed by atoms with Gasteiger partial charge in [-0.25, -0.2) is 0 Å². The lowest BCUT2D eigenvalue weighted by atomic mass is 9.89. The predicted molar refractivity (Wildman–Crippen MR) is 108 cm³/mol. The van der Waals surface area contributed by atoms with Gasteiger partial charge in [0.1, 0.15) is 0 Å². The first kappa shape index (κ1) is 17.6. The molecular formula is C24H25NO2. The minimum absolute atomic E-state index is 0.320. The van der Waals surface area contributed by atoms with Crippen molar-refractivity contribution in [1.29, 1.82) is 0 Å². The summed E-state index contributed by atoms with van der Waals surface area (Å²) in [6, 6.07) is 27.6. The summed E-state index contributed by atoms with van der Waals surface area (Å²) in [5, 5.41) is 3.58. The lowest BCUT2D eigenvalue weighted by molar-refractivity contribution is 0.174. The van der Waals surface area contributed by atoms with E-state index in [1.54, 1.807) is 0 Å². The molecule has 0 amide bonds. The minimum Gasteiger partial charge on any atom is -0.454 e. The normalized spacial score (nSPS) is 13.5. The maximum Gasteiger partial charge on any atom is 0.231 e. The molecule has 1 heterocycles. The first-order valence-corrected chi connectivity index (χ1v) is 9.56. The molecule has 3 nitrogen and oxygen atoms in total. The molecule has 0 saturated carbocycles. The molecule has 0 unspecified atom stereocenters. The molecule has 0 fully saturated rings. The van der Waals surface area contributed by atoms with Crippen molar-refractivity contribution in [2.24, 2.45) is 0 Å². The van der Waals surface area contributed by atoms with Crippen LogP contribution in [-0.4, -0.2) is 13.3 Å². The van der Waals surface area contributed by atoms with Crippen LogP contribution in [-0.2, 0) is 13.0 Å². The Hall–Kier alpha value is -2.78. The van der Waals surface area contributed by atoms with Gasteiger partial charge in [0, 0.05) is 6.54 Å². The van der Waals surface area contributed by atoms with Crippen LogP contribution in [0.4, 0.5) is 0 Å². The van der Waals surface area contributed by atoms with Crippen molar-refractivity contribution in [3.63, 3.8) is 0 Å². The molecule has 0 saturated heterocycles. The van der Waals surface area contributed by atoms with Gasteiger partial charge in [0.05, 0.1) is 0 Å². The molecule has 0 aromatic heterocycles. The van der Waals surface area contributed by atoms with Gasteiger partial charge < -0.3 is 14.8 Å². The number of benzene rings is 3. The van der Waals surface area contributed by atoms with E-state index in [9.17, 15) is 0 Å². The highest BCUT2D eigenvalue weighted by Gasteiger charge is 2.18. The second-order valence-corrected chi connectivity index (χ2v) is 6.95. The summed E-state index contributed by atoms with van der Waals surface area (Å²) >= 11 is 0. The van der Waals surface area contributed by atoms with E-state index < -0.39 is 0 Å². The third-order valence-corrected chi connectivity index (χ3v) is 5.03. The maximum absolute atomic E-state index is 5.59. The molecule has 3 aromatic carbocycles. The van der Waals surface area contributed by atoms with Gasteiger partial charge in [-0.2, -0.15) is 0 Å². The summed E-state index contributed by atoms with van der Waals surface area (Å²) < 4.78 is 11.0. The zero-order chi connectivity index (χ0) is 18.3. The van der Waals surface area contributed by atoms with Crippen LogP contribution in [0.15, 0.2) is 78.9 Å². The van der Waals surface area contributed by atoms with Gasteiger partial charge in [0.2, 0.25) is 6.79 Å². The quantitative estimate of drug-likeness (QED) is 0.579. The molecule has 27 heavy (non-hydrogen) atoms. The zero-order valence-corrected chi connectivity index (χ0v) is 15.4. The van der Waals surface area contributed by atoms with Gasteiger partial charge >= 0.3 is 0 Å². The molecule has 0 radical (unpaired) electrons. The van der Waals surface area contributed by atoms with E-state index in [1.807, 2.05) is 6.07 Å². The van der Waals surface area contributed by atoms with Gasteiger partial charge in [-0.3, -0.25) is 0 Å². The van der Waals surface area contributed by atoms with Crippen molar-refractivity contribution in [2.45, 2.75) is 25.3 Å². The Bertz CT molecular complexity index is 849. The van der Waals surface area contributed by atoms with E-state index in [4.69, 9.17) is 9.47 Å². The molecule has 3 heteroatoms. The molecule has 0 aliphatic carbocycles. The fourth-order valence-corrected chi connectivity index (χ4v) is 3.56. The van der Waals surface area contributed by atoms with Gasteiger partial charge in [0.15, 0.2) is 11.5 Å². The first-order valence-electron chi connectivity index (χ1n) is 9.56. The number of hydrogen-bond donors (Lipinski definition) is 1. The summed E-state index contributed by atoms with van der Waals surface area (Å²) in [5.74, 6) is 2.15. The predicted octanol–water partition coefficient (Wildman–Crippen LogP) is 4.92. The highest BCUT2D eigenvalue weighted by molar-refractivity contribution is 5.45.